The number of halogens is 2. The molecule has 1 heterocycles. The molecule has 0 aliphatic carbocycles. The van der Waals surface area contributed by atoms with Gasteiger partial charge in [0.05, 0.1) is 21.4 Å². The predicted molar refractivity (Wildman–Crippen MR) is 81.5 cm³/mol. The van der Waals surface area contributed by atoms with Crippen molar-refractivity contribution in [3.05, 3.63) is 34.6 Å². The number of alkyl halides is 1. The van der Waals surface area contributed by atoms with Gasteiger partial charge in [-0.05, 0) is 48.3 Å². The van der Waals surface area contributed by atoms with E-state index in [4.69, 9.17) is 5.14 Å². The molecule has 19 heavy (non-hydrogen) atoms. The topological polar surface area (TPSA) is 56.0 Å². The van der Waals surface area contributed by atoms with E-state index in [9.17, 15) is 8.60 Å². The monoisotopic (exact) mass is 348 g/mol. The Morgan fingerprint density at radius 1 is 1.63 bits per heavy atom. The number of aromatic nitrogens is 1. The van der Waals surface area contributed by atoms with Crippen LogP contribution >= 0.6 is 15.9 Å². The van der Waals surface area contributed by atoms with E-state index in [1.807, 2.05) is 0 Å². The molecule has 2 N–H and O–H groups in total. The minimum Gasteiger partial charge on any atom is -0.251 e. The maximum atomic E-state index is 14.1. The molecule has 1 aromatic heterocycles. The Morgan fingerprint density at radius 2 is 2.26 bits per heavy atom. The first-order valence-electron chi connectivity index (χ1n) is 5.94. The summed E-state index contributed by atoms with van der Waals surface area (Å²) in [4.78, 5) is 4.25. The molecule has 0 aliphatic rings. The number of allylic oxidation sites excluding steroid dienone is 1. The highest BCUT2D eigenvalue weighted by Crippen LogP contribution is 2.27. The third-order valence-electron chi connectivity index (χ3n) is 2.73. The molecule has 0 fully saturated rings. The van der Waals surface area contributed by atoms with Crippen molar-refractivity contribution >= 4 is 32.5 Å². The average Bonchev–Trinajstić information content (AvgIpc) is 2.35. The zero-order valence-electron chi connectivity index (χ0n) is 11.2. The molecule has 0 aromatic carbocycles. The lowest BCUT2D eigenvalue weighted by atomic mass is 9.99. The summed E-state index contributed by atoms with van der Waals surface area (Å²) in [6.07, 6.45) is 0.781. The molecule has 1 unspecified atom stereocenters. The van der Waals surface area contributed by atoms with E-state index in [0.717, 1.165) is 0 Å². The van der Waals surface area contributed by atoms with Crippen LogP contribution in [-0.2, 0) is 11.0 Å². The molecule has 106 valence electrons. The predicted octanol–water partition coefficient (Wildman–Crippen LogP) is 3.38. The zero-order chi connectivity index (χ0) is 14.6. The molecular weight excluding hydrogens is 331 g/mol. The van der Waals surface area contributed by atoms with Crippen molar-refractivity contribution in [1.29, 1.82) is 0 Å². The van der Waals surface area contributed by atoms with Crippen LogP contribution in [0.1, 0.15) is 32.9 Å². The summed E-state index contributed by atoms with van der Waals surface area (Å²) in [6.45, 7) is 5.18. The summed E-state index contributed by atoms with van der Waals surface area (Å²) in [6, 6.07) is 5.29. The summed E-state index contributed by atoms with van der Waals surface area (Å²) in [5.74, 6) is 0. The van der Waals surface area contributed by atoms with E-state index < -0.39 is 21.9 Å². The Balaban J connectivity index is 3.31. The number of hydrogen-bond acceptors (Lipinski definition) is 2. The first kappa shape index (κ1) is 16.5. The van der Waals surface area contributed by atoms with Crippen molar-refractivity contribution in [2.75, 3.05) is 0 Å². The number of rotatable bonds is 5. The highest BCUT2D eigenvalue weighted by atomic mass is 79.9. The first-order valence-corrected chi connectivity index (χ1v) is 7.94. The molecule has 0 saturated heterocycles. The fourth-order valence-corrected chi connectivity index (χ4v) is 2.13. The molecule has 2 atom stereocenters. The van der Waals surface area contributed by atoms with Crippen molar-refractivity contribution < 1.29 is 8.60 Å². The van der Waals surface area contributed by atoms with Crippen molar-refractivity contribution in [1.82, 2.24) is 4.98 Å². The molecule has 6 heteroatoms. The third-order valence-corrected chi connectivity index (χ3v) is 4.32. The molecule has 0 radical (unpaired) electrons. The van der Waals surface area contributed by atoms with Gasteiger partial charge in [-0.2, -0.15) is 0 Å². The van der Waals surface area contributed by atoms with E-state index in [1.54, 1.807) is 45.0 Å². The van der Waals surface area contributed by atoms with Crippen LogP contribution in [0.5, 0.6) is 0 Å². The molecule has 1 rings (SSSR count). The van der Waals surface area contributed by atoms with E-state index in [2.05, 4.69) is 20.9 Å². The maximum absolute atomic E-state index is 14.1. The largest absolute Gasteiger partial charge is 0.251 e. The normalized spacial score (nSPS) is 16.2. The number of pyridine rings is 1. The van der Waals surface area contributed by atoms with Crippen LogP contribution in [0, 0.1) is 0 Å². The van der Waals surface area contributed by atoms with E-state index in [-0.39, 0.29) is 0 Å². The lowest BCUT2D eigenvalue weighted by Gasteiger charge is -2.20. The molecule has 0 aliphatic heterocycles. The van der Waals surface area contributed by atoms with Crippen molar-refractivity contribution in [3.63, 3.8) is 0 Å². The van der Waals surface area contributed by atoms with Gasteiger partial charge >= 0.3 is 0 Å². The Hall–Kier alpha value is -0.590. The van der Waals surface area contributed by atoms with Gasteiger partial charge in [-0.1, -0.05) is 19.1 Å². The van der Waals surface area contributed by atoms with Gasteiger partial charge in [0.25, 0.3) is 0 Å². The van der Waals surface area contributed by atoms with Crippen LogP contribution in [0.2, 0.25) is 0 Å². The van der Waals surface area contributed by atoms with Crippen LogP contribution in [-0.4, -0.2) is 20.1 Å². The molecule has 3 nitrogen and oxygen atoms in total. The van der Waals surface area contributed by atoms with Gasteiger partial charge in [0.15, 0.2) is 0 Å². The van der Waals surface area contributed by atoms with Crippen molar-refractivity contribution in [2.24, 2.45) is 5.14 Å². The summed E-state index contributed by atoms with van der Waals surface area (Å²) in [5.41, 5.74) is 0.954. The SMILES string of the molecule is CC[C@H](F)C(=CC(C)(C)S(N)=O)c1cccc(Br)n1. The van der Waals surface area contributed by atoms with Crippen LogP contribution in [0.15, 0.2) is 28.9 Å². The molecule has 0 saturated carbocycles. The molecule has 1 aromatic rings. The smallest absolute Gasteiger partial charge is 0.127 e. The standard InChI is InChI=1S/C13H18BrFN2OS/c1-4-10(15)9(8-13(2,3)19(16)18)11-6-5-7-12(14)17-11/h5-8,10H,4,16H2,1-3H3/t10-,19?/m0/s1. The second-order valence-corrected chi connectivity index (χ2v) is 7.18. The quantitative estimate of drug-likeness (QED) is 0.829. The Kier molecular flexibility index (Phi) is 5.82. The summed E-state index contributed by atoms with van der Waals surface area (Å²) in [7, 11) is -1.58. The van der Waals surface area contributed by atoms with Crippen LogP contribution < -0.4 is 5.14 Å². The van der Waals surface area contributed by atoms with Gasteiger partial charge in [-0.25, -0.2) is 13.6 Å². The van der Waals surface area contributed by atoms with Crippen molar-refractivity contribution in [3.8, 4) is 0 Å². The fourth-order valence-electron chi connectivity index (χ4n) is 1.55. The number of nitrogens with zero attached hydrogens (tertiary/aromatic N) is 1. The van der Waals surface area contributed by atoms with Crippen molar-refractivity contribution in [2.45, 2.75) is 38.1 Å². The molecule has 0 amide bonds. The van der Waals surface area contributed by atoms with Gasteiger partial charge in [-0.3, -0.25) is 5.14 Å². The van der Waals surface area contributed by atoms with Crippen LogP contribution in [0.3, 0.4) is 0 Å². The Labute approximate surface area is 124 Å². The highest BCUT2D eigenvalue weighted by molar-refractivity contribution is 9.10. The average molecular weight is 349 g/mol. The lowest BCUT2D eigenvalue weighted by Crippen LogP contribution is -2.30. The van der Waals surface area contributed by atoms with Gasteiger partial charge < -0.3 is 0 Å². The second kappa shape index (κ2) is 6.72. The summed E-state index contributed by atoms with van der Waals surface area (Å²) >= 11 is 3.26. The maximum Gasteiger partial charge on any atom is 0.127 e. The second-order valence-electron chi connectivity index (χ2n) is 4.72. The number of hydrogen-bond donors (Lipinski definition) is 1. The lowest BCUT2D eigenvalue weighted by molar-refractivity contribution is 0.400. The highest BCUT2D eigenvalue weighted by Gasteiger charge is 2.25. The first-order chi connectivity index (χ1) is 8.77. The summed E-state index contributed by atoms with van der Waals surface area (Å²) < 4.78 is 25.5. The Bertz CT molecular complexity index is 505. The number of nitrogens with two attached hydrogens (primary N) is 1. The fraction of sp³-hybridized carbons (Fsp3) is 0.462. The Morgan fingerprint density at radius 3 is 2.74 bits per heavy atom. The zero-order valence-corrected chi connectivity index (χ0v) is 13.6. The third kappa shape index (κ3) is 4.47. The van der Waals surface area contributed by atoms with Gasteiger partial charge in [0.2, 0.25) is 0 Å². The van der Waals surface area contributed by atoms with E-state index in [0.29, 0.717) is 22.3 Å². The van der Waals surface area contributed by atoms with E-state index >= 15 is 0 Å². The molecular formula is C13H18BrFN2OS. The van der Waals surface area contributed by atoms with E-state index in [1.165, 1.54) is 0 Å². The molecule has 0 spiro atoms. The van der Waals surface area contributed by atoms with Gasteiger partial charge in [0.1, 0.15) is 10.8 Å². The summed E-state index contributed by atoms with van der Waals surface area (Å²) in [5, 5.41) is 5.44. The van der Waals surface area contributed by atoms with Crippen LogP contribution in [0.4, 0.5) is 4.39 Å². The van der Waals surface area contributed by atoms with Gasteiger partial charge in [-0.15, -0.1) is 0 Å². The van der Waals surface area contributed by atoms with Crippen LogP contribution in [0.25, 0.3) is 5.57 Å². The minimum atomic E-state index is -1.58. The molecule has 0 bridgehead atoms. The van der Waals surface area contributed by atoms with Gasteiger partial charge in [0, 0.05) is 5.57 Å². The minimum absolute atomic E-state index is 0.327.